The van der Waals surface area contributed by atoms with Gasteiger partial charge in [-0.2, -0.15) is 0 Å². The number of likely N-dealkylation sites (N-methyl/N-ethyl adjacent to an activating group) is 1. The van der Waals surface area contributed by atoms with Crippen molar-refractivity contribution in [3.8, 4) is 0 Å². The van der Waals surface area contributed by atoms with E-state index in [1.54, 1.807) is 0 Å². The molecule has 4 heteroatoms. The quantitative estimate of drug-likeness (QED) is 0.903. The van der Waals surface area contributed by atoms with E-state index in [1.807, 2.05) is 17.0 Å². The third-order valence-electron chi connectivity index (χ3n) is 4.07. The van der Waals surface area contributed by atoms with Gasteiger partial charge in [-0.15, -0.1) is 0 Å². The number of carbonyl (C=O) groups excluding carboxylic acids is 1. The van der Waals surface area contributed by atoms with Crippen LogP contribution >= 0.6 is 0 Å². The second kappa shape index (κ2) is 6.86. The molecular formula is C16H25N3O. The van der Waals surface area contributed by atoms with Gasteiger partial charge in [-0.25, -0.2) is 0 Å². The zero-order valence-electron chi connectivity index (χ0n) is 12.7. The molecule has 1 atom stereocenters. The number of nitrogens with zero attached hydrogens (tertiary/aromatic N) is 2. The van der Waals surface area contributed by atoms with Gasteiger partial charge in [0.25, 0.3) is 0 Å². The van der Waals surface area contributed by atoms with Gasteiger partial charge in [0.1, 0.15) is 0 Å². The Balaban J connectivity index is 1.83. The predicted molar refractivity (Wildman–Crippen MR) is 81.7 cm³/mol. The van der Waals surface area contributed by atoms with Gasteiger partial charge < -0.3 is 15.1 Å². The minimum Gasteiger partial charge on any atom is -0.339 e. The van der Waals surface area contributed by atoms with Crippen molar-refractivity contribution < 1.29 is 4.79 Å². The molecule has 1 fully saturated rings. The second-order valence-corrected chi connectivity index (χ2v) is 5.64. The van der Waals surface area contributed by atoms with Crippen molar-refractivity contribution in [2.24, 2.45) is 0 Å². The zero-order valence-corrected chi connectivity index (χ0v) is 12.7. The van der Waals surface area contributed by atoms with Crippen LogP contribution in [0.15, 0.2) is 24.3 Å². The van der Waals surface area contributed by atoms with E-state index in [-0.39, 0.29) is 11.9 Å². The fraction of sp³-hybridized carbons (Fsp3) is 0.562. The van der Waals surface area contributed by atoms with Gasteiger partial charge in [0, 0.05) is 32.2 Å². The predicted octanol–water partition coefficient (Wildman–Crippen LogP) is 1.42. The van der Waals surface area contributed by atoms with E-state index in [4.69, 9.17) is 0 Å². The highest BCUT2D eigenvalue weighted by Crippen LogP contribution is 2.16. The molecule has 20 heavy (non-hydrogen) atoms. The number of carbonyl (C=O) groups is 1. The first-order valence-electron chi connectivity index (χ1n) is 7.33. The molecule has 1 aliphatic heterocycles. The van der Waals surface area contributed by atoms with Crippen LogP contribution in [0, 0.1) is 6.92 Å². The monoisotopic (exact) mass is 275 g/mol. The molecule has 1 amide bonds. The molecule has 1 aliphatic rings. The average Bonchev–Trinajstić information content (AvgIpc) is 2.45. The number of aryl methyl sites for hydroxylation is 1. The first-order chi connectivity index (χ1) is 9.58. The van der Waals surface area contributed by atoms with Crippen LogP contribution in [0.1, 0.15) is 24.1 Å². The molecular weight excluding hydrogens is 250 g/mol. The smallest absolute Gasteiger partial charge is 0.236 e. The van der Waals surface area contributed by atoms with Gasteiger partial charge in [-0.05, 0) is 32.0 Å². The van der Waals surface area contributed by atoms with E-state index in [2.05, 4.69) is 43.2 Å². The van der Waals surface area contributed by atoms with Crippen molar-refractivity contribution in [3.05, 3.63) is 35.4 Å². The second-order valence-electron chi connectivity index (χ2n) is 5.64. The average molecular weight is 275 g/mol. The number of amides is 1. The lowest BCUT2D eigenvalue weighted by Gasteiger charge is -2.32. The largest absolute Gasteiger partial charge is 0.339 e. The lowest BCUT2D eigenvalue weighted by molar-refractivity contribution is -0.131. The van der Waals surface area contributed by atoms with Crippen LogP contribution in [0.4, 0.5) is 0 Å². The third kappa shape index (κ3) is 3.81. The summed E-state index contributed by atoms with van der Waals surface area (Å²) in [6.07, 6.45) is 0. The maximum atomic E-state index is 12.2. The highest BCUT2D eigenvalue weighted by Gasteiger charge is 2.19. The third-order valence-corrected chi connectivity index (χ3v) is 4.07. The Morgan fingerprint density at radius 1 is 1.25 bits per heavy atom. The lowest BCUT2D eigenvalue weighted by Crippen LogP contribution is -2.49. The zero-order chi connectivity index (χ0) is 14.5. The molecule has 4 nitrogen and oxygen atoms in total. The minimum absolute atomic E-state index is 0.201. The van der Waals surface area contributed by atoms with Crippen molar-refractivity contribution in [1.82, 2.24) is 15.1 Å². The fourth-order valence-corrected chi connectivity index (χ4v) is 2.59. The molecule has 1 heterocycles. The number of nitrogens with one attached hydrogen (secondary N) is 1. The number of piperazine rings is 1. The summed E-state index contributed by atoms with van der Waals surface area (Å²) in [6.45, 7) is 8.26. The molecule has 0 saturated carbocycles. The summed E-state index contributed by atoms with van der Waals surface area (Å²) in [6, 6.07) is 8.51. The van der Waals surface area contributed by atoms with Crippen LogP contribution in [0.3, 0.4) is 0 Å². The topological polar surface area (TPSA) is 35.6 Å². The van der Waals surface area contributed by atoms with E-state index >= 15 is 0 Å². The number of hydrogen-bond donors (Lipinski definition) is 1. The van der Waals surface area contributed by atoms with Gasteiger partial charge >= 0.3 is 0 Å². The van der Waals surface area contributed by atoms with Crippen LogP contribution in [-0.2, 0) is 4.79 Å². The standard InChI is InChI=1S/C16H25N3O/c1-13-6-4-5-7-15(13)14(2)17-12-16(20)19-10-8-18(3)9-11-19/h4-7,14,17H,8-12H2,1-3H3. The Kier molecular flexibility index (Phi) is 5.15. The molecule has 1 unspecified atom stereocenters. The van der Waals surface area contributed by atoms with Gasteiger partial charge in [-0.3, -0.25) is 4.79 Å². The van der Waals surface area contributed by atoms with Crippen molar-refractivity contribution >= 4 is 5.91 Å². The number of rotatable bonds is 4. The molecule has 0 aliphatic carbocycles. The first-order valence-corrected chi connectivity index (χ1v) is 7.33. The summed E-state index contributed by atoms with van der Waals surface area (Å²) in [7, 11) is 2.10. The Hall–Kier alpha value is -1.39. The number of benzene rings is 1. The molecule has 110 valence electrons. The summed E-state index contributed by atoms with van der Waals surface area (Å²) in [5.74, 6) is 0.207. The molecule has 1 aromatic carbocycles. The van der Waals surface area contributed by atoms with Gasteiger partial charge in [0.05, 0.1) is 6.54 Å². The Labute approximate surface area is 121 Å². The summed E-state index contributed by atoms with van der Waals surface area (Å²) < 4.78 is 0. The Morgan fingerprint density at radius 2 is 1.90 bits per heavy atom. The van der Waals surface area contributed by atoms with Crippen molar-refractivity contribution in [3.63, 3.8) is 0 Å². The van der Waals surface area contributed by atoms with E-state index in [0.717, 1.165) is 26.2 Å². The molecule has 2 rings (SSSR count). The summed E-state index contributed by atoms with van der Waals surface area (Å²) >= 11 is 0. The molecule has 0 spiro atoms. The van der Waals surface area contributed by atoms with Gasteiger partial charge in [0.2, 0.25) is 5.91 Å². The van der Waals surface area contributed by atoms with E-state index in [1.165, 1.54) is 11.1 Å². The molecule has 1 N–H and O–H groups in total. The van der Waals surface area contributed by atoms with Gasteiger partial charge in [-0.1, -0.05) is 24.3 Å². The number of hydrogen-bond acceptors (Lipinski definition) is 3. The molecule has 1 saturated heterocycles. The lowest BCUT2D eigenvalue weighted by atomic mass is 10.0. The normalized spacial score (nSPS) is 18.1. The highest BCUT2D eigenvalue weighted by atomic mass is 16.2. The molecule has 1 aromatic rings. The Bertz CT molecular complexity index is 453. The summed E-state index contributed by atoms with van der Waals surface area (Å²) in [4.78, 5) is 16.4. The van der Waals surface area contributed by atoms with Crippen LogP contribution in [0.25, 0.3) is 0 Å². The van der Waals surface area contributed by atoms with Crippen LogP contribution in [-0.4, -0.2) is 55.5 Å². The van der Waals surface area contributed by atoms with Crippen LogP contribution in [0.5, 0.6) is 0 Å². The van der Waals surface area contributed by atoms with Crippen molar-refractivity contribution in [2.45, 2.75) is 19.9 Å². The van der Waals surface area contributed by atoms with E-state index < -0.39 is 0 Å². The van der Waals surface area contributed by atoms with Crippen LogP contribution in [0.2, 0.25) is 0 Å². The molecule has 0 aromatic heterocycles. The maximum absolute atomic E-state index is 12.2. The SMILES string of the molecule is Cc1ccccc1C(C)NCC(=O)N1CCN(C)CC1. The Morgan fingerprint density at radius 3 is 2.55 bits per heavy atom. The van der Waals surface area contributed by atoms with Crippen LogP contribution < -0.4 is 5.32 Å². The first kappa shape index (κ1) is 15.0. The highest BCUT2D eigenvalue weighted by molar-refractivity contribution is 5.78. The van der Waals surface area contributed by atoms with Crippen molar-refractivity contribution in [1.29, 1.82) is 0 Å². The molecule has 0 radical (unpaired) electrons. The van der Waals surface area contributed by atoms with Gasteiger partial charge in [0.15, 0.2) is 0 Å². The summed E-state index contributed by atoms with van der Waals surface area (Å²) in [5.41, 5.74) is 2.53. The minimum atomic E-state index is 0.201. The van der Waals surface area contributed by atoms with E-state index in [0.29, 0.717) is 6.54 Å². The molecule has 0 bridgehead atoms. The maximum Gasteiger partial charge on any atom is 0.236 e. The fourth-order valence-electron chi connectivity index (χ4n) is 2.59. The van der Waals surface area contributed by atoms with E-state index in [9.17, 15) is 4.79 Å². The summed E-state index contributed by atoms with van der Waals surface area (Å²) in [5, 5.41) is 3.34. The van der Waals surface area contributed by atoms with Crippen molar-refractivity contribution in [2.75, 3.05) is 39.8 Å².